The van der Waals surface area contributed by atoms with Crippen molar-refractivity contribution < 1.29 is 9.90 Å². The minimum absolute atomic E-state index is 0.283. The Bertz CT molecular complexity index is 379. The van der Waals surface area contributed by atoms with E-state index in [1.54, 1.807) is 0 Å². The third-order valence-electron chi connectivity index (χ3n) is 4.37. The molecule has 1 aliphatic carbocycles. The molecule has 0 unspecified atom stereocenters. The number of allylic oxidation sites excluding steroid dienone is 6. The minimum atomic E-state index is -0.692. The summed E-state index contributed by atoms with van der Waals surface area (Å²) in [6.07, 6.45) is 24.3. The summed E-state index contributed by atoms with van der Waals surface area (Å²) in [6.45, 7) is 2.17. The molecule has 1 rings (SSSR count). The summed E-state index contributed by atoms with van der Waals surface area (Å²) < 4.78 is 0. The Labute approximate surface area is 136 Å². The van der Waals surface area contributed by atoms with Crippen LogP contribution in [0.1, 0.15) is 71.1 Å². The van der Waals surface area contributed by atoms with E-state index in [2.05, 4.69) is 43.4 Å². The Hall–Kier alpha value is -1.31. The largest absolute Gasteiger partial charge is 0.481 e. The van der Waals surface area contributed by atoms with Crippen molar-refractivity contribution in [2.45, 2.75) is 71.1 Å². The van der Waals surface area contributed by atoms with E-state index in [0.29, 0.717) is 0 Å². The van der Waals surface area contributed by atoms with E-state index in [4.69, 9.17) is 5.11 Å². The van der Waals surface area contributed by atoms with Crippen LogP contribution in [-0.2, 0) is 4.79 Å². The second-order valence-corrected chi connectivity index (χ2v) is 6.23. The van der Waals surface area contributed by atoms with E-state index >= 15 is 0 Å². The molecule has 0 aromatic rings. The molecule has 1 saturated carbocycles. The van der Waals surface area contributed by atoms with Crippen molar-refractivity contribution >= 4 is 5.97 Å². The molecule has 0 aromatic heterocycles. The maximum Gasteiger partial charge on any atom is 0.303 e. The van der Waals surface area contributed by atoms with Crippen molar-refractivity contribution in [2.75, 3.05) is 0 Å². The third kappa shape index (κ3) is 8.86. The molecule has 0 radical (unpaired) electrons. The molecule has 1 fully saturated rings. The summed E-state index contributed by atoms with van der Waals surface area (Å²) in [5.74, 6) is 0.847. The molecule has 2 nitrogen and oxygen atoms in total. The highest BCUT2D eigenvalue weighted by Gasteiger charge is 2.23. The summed E-state index contributed by atoms with van der Waals surface area (Å²) in [5, 5.41) is 8.59. The quantitative estimate of drug-likeness (QED) is 0.381. The molecule has 1 N–H and O–H groups in total. The highest BCUT2D eigenvalue weighted by molar-refractivity contribution is 5.66. The molecule has 0 bridgehead atoms. The van der Waals surface area contributed by atoms with Crippen LogP contribution in [0.4, 0.5) is 0 Å². The summed E-state index contributed by atoms with van der Waals surface area (Å²) in [7, 11) is 0. The van der Waals surface area contributed by atoms with Gasteiger partial charge in [0, 0.05) is 6.42 Å². The molecule has 22 heavy (non-hydrogen) atoms. The SMILES string of the molecule is CC/C=C\CC/C=C/[C@H]1CCC[C@@H]1C/C=C\CCCC(=O)O. The van der Waals surface area contributed by atoms with Gasteiger partial charge in [0.1, 0.15) is 0 Å². The molecular weight excluding hydrogens is 272 g/mol. The zero-order chi connectivity index (χ0) is 16.0. The van der Waals surface area contributed by atoms with E-state index in [0.717, 1.165) is 50.4 Å². The maximum absolute atomic E-state index is 10.4. The van der Waals surface area contributed by atoms with Gasteiger partial charge in [-0.1, -0.05) is 49.8 Å². The first kappa shape index (κ1) is 18.7. The van der Waals surface area contributed by atoms with Crippen LogP contribution < -0.4 is 0 Å². The van der Waals surface area contributed by atoms with Gasteiger partial charge in [-0.15, -0.1) is 0 Å². The van der Waals surface area contributed by atoms with Gasteiger partial charge in [0.05, 0.1) is 0 Å². The van der Waals surface area contributed by atoms with Crippen molar-refractivity contribution in [3.05, 3.63) is 36.5 Å². The average Bonchev–Trinajstić information content (AvgIpc) is 2.93. The molecule has 124 valence electrons. The number of carboxylic acid groups (broad SMARTS) is 1. The fourth-order valence-corrected chi connectivity index (χ4v) is 3.12. The van der Waals surface area contributed by atoms with E-state index in [1.807, 2.05) is 0 Å². The Morgan fingerprint density at radius 3 is 2.59 bits per heavy atom. The Kier molecular flexibility index (Phi) is 10.4. The van der Waals surface area contributed by atoms with E-state index in [9.17, 15) is 4.79 Å². The fraction of sp³-hybridized carbons (Fsp3) is 0.650. The van der Waals surface area contributed by atoms with Crippen molar-refractivity contribution in [3.63, 3.8) is 0 Å². The molecular formula is C20H32O2. The first-order valence-electron chi connectivity index (χ1n) is 8.92. The Balaban J connectivity index is 2.19. The predicted octanol–water partition coefficient (Wildman–Crippen LogP) is 5.91. The molecule has 1 aliphatic rings. The lowest BCUT2D eigenvalue weighted by atomic mass is 9.92. The van der Waals surface area contributed by atoms with Gasteiger partial charge >= 0.3 is 5.97 Å². The second-order valence-electron chi connectivity index (χ2n) is 6.23. The first-order valence-corrected chi connectivity index (χ1v) is 8.92. The molecule has 0 aromatic carbocycles. The van der Waals surface area contributed by atoms with Crippen LogP contribution in [-0.4, -0.2) is 11.1 Å². The van der Waals surface area contributed by atoms with Crippen LogP contribution >= 0.6 is 0 Å². The lowest BCUT2D eigenvalue weighted by molar-refractivity contribution is -0.137. The van der Waals surface area contributed by atoms with Gasteiger partial charge < -0.3 is 5.11 Å². The van der Waals surface area contributed by atoms with Gasteiger partial charge in [-0.3, -0.25) is 4.79 Å². The summed E-state index contributed by atoms with van der Waals surface area (Å²) in [4.78, 5) is 10.4. The zero-order valence-corrected chi connectivity index (χ0v) is 14.0. The Morgan fingerprint density at radius 2 is 1.82 bits per heavy atom. The normalized spacial score (nSPS) is 22.4. The summed E-state index contributed by atoms with van der Waals surface area (Å²) in [5.41, 5.74) is 0. The number of hydrogen-bond acceptors (Lipinski definition) is 1. The number of carboxylic acids is 1. The third-order valence-corrected chi connectivity index (χ3v) is 4.37. The molecule has 0 amide bonds. The molecule has 0 aliphatic heterocycles. The molecule has 0 saturated heterocycles. The molecule has 2 heteroatoms. The van der Waals surface area contributed by atoms with E-state index in [-0.39, 0.29) is 6.42 Å². The topological polar surface area (TPSA) is 37.3 Å². The highest BCUT2D eigenvalue weighted by atomic mass is 16.4. The average molecular weight is 304 g/mol. The van der Waals surface area contributed by atoms with Crippen LogP contribution in [0.5, 0.6) is 0 Å². The van der Waals surface area contributed by atoms with Crippen molar-refractivity contribution in [1.82, 2.24) is 0 Å². The number of hydrogen-bond donors (Lipinski definition) is 1. The molecule has 0 spiro atoms. The van der Waals surface area contributed by atoms with Gasteiger partial charge in [0.15, 0.2) is 0 Å². The van der Waals surface area contributed by atoms with Crippen LogP contribution in [0.3, 0.4) is 0 Å². The van der Waals surface area contributed by atoms with Gasteiger partial charge in [-0.05, 0) is 63.2 Å². The first-order chi connectivity index (χ1) is 10.7. The minimum Gasteiger partial charge on any atom is -0.481 e. The maximum atomic E-state index is 10.4. The lowest BCUT2D eigenvalue weighted by Crippen LogP contribution is -2.03. The Morgan fingerprint density at radius 1 is 1.05 bits per heavy atom. The number of rotatable bonds is 11. The van der Waals surface area contributed by atoms with Crippen LogP contribution in [0.2, 0.25) is 0 Å². The summed E-state index contributed by atoms with van der Waals surface area (Å²) >= 11 is 0. The van der Waals surface area contributed by atoms with Crippen molar-refractivity contribution in [3.8, 4) is 0 Å². The molecule has 0 heterocycles. The fourth-order valence-electron chi connectivity index (χ4n) is 3.12. The van der Waals surface area contributed by atoms with Crippen molar-refractivity contribution in [1.29, 1.82) is 0 Å². The van der Waals surface area contributed by atoms with Gasteiger partial charge in [-0.25, -0.2) is 0 Å². The van der Waals surface area contributed by atoms with Gasteiger partial charge in [-0.2, -0.15) is 0 Å². The van der Waals surface area contributed by atoms with E-state index < -0.39 is 5.97 Å². The van der Waals surface area contributed by atoms with Gasteiger partial charge in [0.2, 0.25) is 0 Å². The number of carbonyl (C=O) groups is 1. The predicted molar refractivity (Wildman–Crippen MR) is 93.9 cm³/mol. The smallest absolute Gasteiger partial charge is 0.303 e. The van der Waals surface area contributed by atoms with Crippen LogP contribution in [0, 0.1) is 11.8 Å². The number of unbranched alkanes of at least 4 members (excludes halogenated alkanes) is 2. The number of aliphatic carboxylic acids is 1. The van der Waals surface area contributed by atoms with Crippen LogP contribution in [0.25, 0.3) is 0 Å². The zero-order valence-electron chi connectivity index (χ0n) is 14.0. The molecule has 2 atom stereocenters. The standard InChI is InChI=1S/C20H32O2/c1-2-3-4-5-6-9-13-18-15-12-16-19(18)14-10-7-8-11-17-20(21)22/h3-4,7,9-10,13,18-19H,2,5-6,8,11-12,14-17H2,1H3,(H,21,22)/b4-3-,10-7-,13-9+/t18-,19-/m0/s1. The van der Waals surface area contributed by atoms with Crippen LogP contribution in [0.15, 0.2) is 36.5 Å². The highest BCUT2D eigenvalue weighted by Crippen LogP contribution is 2.35. The monoisotopic (exact) mass is 304 g/mol. The van der Waals surface area contributed by atoms with Crippen molar-refractivity contribution in [2.24, 2.45) is 11.8 Å². The summed E-state index contributed by atoms with van der Waals surface area (Å²) in [6, 6.07) is 0. The second kappa shape index (κ2) is 12.3. The lowest BCUT2D eigenvalue weighted by Gasteiger charge is -2.13. The van der Waals surface area contributed by atoms with E-state index in [1.165, 1.54) is 19.3 Å². The van der Waals surface area contributed by atoms with Gasteiger partial charge in [0.25, 0.3) is 0 Å².